The van der Waals surface area contributed by atoms with Gasteiger partial charge in [-0.15, -0.1) is 0 Å². The van der Waals surface area contributed by atoms with Crippen LogP contribution in [0.25, 0.3) is 22.3 Å². The van der Waals surface area contributed by atoms with Crippen molar-refractivity contribution in [1.82, 2.24) is 14.5 Å². The van der Waals surface area contributed by atoms with Crippen LogP contribution in [0.2, 0.25) is 0 Å². The van der Waals surface area contributed by atoms with Crippen LogP contribution in [0.5, 0.6) is 0 Å². The number of aromatic nitrogens is 2. The van der Waals surface area contributed by atoms with Crippen LogP contribution < -0.4 is 5.56 Å². The van der Waals surface area contributed by atoms with E-state index >= 15 is 0 Å². The zero-order valence-corrected chi connectivity index (χ0v) is 20.1. The lowest BCUT2D eigenvalue weighted by Gasteiger charge is -2.27. The molecule has 36 heavy (non-hydrogen) atoms. The lowest BCUT2D eigenvalue weighted by molar-refractivity contribution is -0.149. The molecule has 2 aromatic heterocycles. The Bertz CT molecular complexity index is 1480. The van der Waals surface area contributed by atoms with Gasteiger partial charge in [0, 0.05) is 23.6 Å². The van der Waals surface area contributed by atoms with E-state index in [1.807, 2.05) is 0 Å². The zero-order valence-electron chi connectivity index (χ0n) is 20.1. The summed E-state index contributed by atoms with van der Waals surface area (Å²) >= 11 is 0. The molecule has 0 aliphatic carbocycles. The molecule has 3 aromatic rings. The Balaban J connectivity index is 1.59. The molecule has 188 valence electrons. The molecule has 1 atom stereocenters. The average molecular weight is 496 g/mol. The van der Waals surface area contributed by atoms with E-state index in [0.717, 1.165) is 43.1 Å². The first kappa shape index (κ1) is 23.2. The number of esters is 1. The summed E-state index contributed by atoms with van der Waals surface area (Å²) in [7, 11) is 0. The van der Waals surface area contributed by atoms with Gasteiger partial charge in [0.05, 0.1) is 35.4 Å². The topological polar surface area (TPSA) is 84.7 Å². The predicted octanol–water partition coefficient (Wildman–Crippen LogP) is 3.73. The van der Waals surface area contributed by atoms with E-state index in [9.17, 15) is 23.5 Å². The Kier molecular flexibility index (Phi) is 5.46. The number of cyclic esters (lactones) is 1. The highest BCUT2D eigenvalue weighted by Gasteiger charge is 2.40. The molecular weight excluding hydrogens is 468 g/mol. The third-order valence-electron chi connectivity index (χ3n) is 7.94. The minimum absolute atomic E-state index is 0.210. The summed E-state index contributed by atoms with van der Waals surface area (Å²) in [6.45, 7) is 4.14. The molecule has 3 aliphatic heterocycles. The van der Waals surface area contributed by atoms with Gasteiger partial charge in [-0.25, -0.2) is 13.8 Å². The second kappa shape index (κ2) is 8.45. The number of benzene rings is 1. The molecule has 1 unspecified atom stereocenters. The number of carbonyl (C=O) groups excluding carboxylic acids is 1. The average Bonchev–Trinajstić information content (AvgIpc) is 3.17. The first-order valence-electron chi connectivity index (χ1n) is 12.5. The first-order chi connectivity index (χ1) is 17.3. The Labute approximate surface area is 206 Å². The van der Waals surface area contributed by atoms with Crippen molar-refractivity contribution in [3.63, 3.8) is 0 Å². The van der Waals surface area contributed by atoms with Crippen LogP contribution in [0, 0.1) is 11.6 Å². The van der Waals surface area contributed by atoms with Crippen molar-refractivity contribution in [1.29, 1.82) is 0 Å². The third-order valence-corrected chi connectivity index (χ3v) is 7.94. The van der Waals surface area contributed by atoms with Gasteiger partial charge < -0.3 is 14.4 Å². The lowest BCUT2D eigenvalue weighted by atomic mass is 9.85. The van der Waals surface area contributed by atoms with E-state index in [1.54, 1.807) is 17.6 Å². The summed E-state index contributed by atoms with van der Waals surface area (Å²) in [4.78, 5) is 32.8. The zero-order chi connectivity index (χ0) is 25.2. The molecule has 1 saturated heterocycles. The summed E-state index contributed by atoms with van der Waals surface area (Å²) in [5, 5.41) is 11.9. The van der Waals surface area contributed by atoms with E-state index in [2.05, 4.69) is 4.90 Å². The van der Waals surface area contributed by atoms with E-state index in [4.69, 9.17) is 9.72 Å². The molecular formula is C27H27F2N3O4. The minimum atomic E-state index is -1.54. The predicted molar refractivity (Wildman–Crippen MR) is 128 cm³/mol. The maximum Gasteiger partial charge on any atom is 0.309 e. The highest BCUT2D eigenvalue weighted by molar-refractivity contribution is 5.88. The number of halogens is 2. The van der Waals surface area contributed by atoms with Crippen LogP contribution in [-0.2, 0) is 34.8 Å². The summed E-state index contributed by atoms with van der Waals surface area (Å²) in [6, 6.07) is 4.02. The number of rotatable bonds is 3. The largest absolute Gasteiger partial charge is 0.460 e. The Morgan fingerprint density at radius 3 is 2.58 bits per heavy atom. The number of pyridine rings is 2. The van der Waals surface area contributed by atoms with Gasteiger partial charge in [-0.05, 0) is 55.6 Å². The van der Waals surface area contributed by atoms with Gasteiger partial charge in [0.25, 0.3) is 5.56 Å². The maximum absolute atomic E-state index is 14.3. The molecule has 0 radical (unpaired) electrons. The van der Waals surface area contributed by atoms with Gasteiger partial charge in [-0.3, -0.25) is 14.5 Å². The third kappa shape index (κ3) is 3.56. The summed E-state index contributed by atoms with van der Waals surface area (Å²) in [6.07, 6.45) is 3.30. The van der Waals surface area contributed by atoms with Crippen molar-refractivity contribution in [3.05, 3.63) is 62.4 Å². The van der Waals surface area contributed by atoms with Gasteiger partial charge in [-0.1, -0.05) is 13.3 Å². The van der Waals surface area contributed by atoms with Crippen LogP contribution in [-0.4, -0.2) is 38.6 Å². The molecule has 1 aromatic carbocycles. The smallest absolute Gasteiger partial charge is 0.309 e. The van der Waals surface area contributed by atoms with Gasteiger partial charge in [0.2, 0.25) is 0 Å². The van der Waals surface area contributed by atoms with Crippen LogP contribution in [0.3, 0.4) is 0 Å². The maximum atomic E-state index is 14.3. The van der Waals surface area contributed by atoms with Crippen LogP contribution >= 0.6 is 0 Å². The van der Waals surface area contributed by atoms with Crippen molar-refractivity contribution < 1.29 is 23.4 Å². The molecule has 7 nitrogen and oxygen atoms in total. The summed E-state index contributed by atoms with van der Waals surface area (Å²) in [5.41, 5.74) is 1.71. The number of carbonyl (C=O) groups is 1. The van der Waals surface area contributed by atoms with Crippen molar-refractivity contribution >= 4 is 16.9 Å². The molecule has 0 spiro atoms. The lowest BCUT2D eigenvalue weighted by Crippen LogP contribution is -2.32. The van der Waals surface area contributed by atoms with Crippen molar-refractivity contribution in [2.24, 2.45) is 0 Å². The van der Waals surface area contributed by atoms with E-state index in [-0.39, 0.29) is 37.1 Å². The first-order valence-corrected chi connectivity index (χ1v) is 12.5. The molecule has 9 heteroatoms. The highest BCUT2D eigenvalue weighted by atomic mass is 19.2. The molecule has 0 amide bonds. The number of aliphatic hydroxyl groups is 1. The number of nitrogens with zero attached hydrogens (tertiary/aromatic N) is 3. The molecule has 5 heterocycles. The van der Waals surface area contributed by atoms with Crippen LogP contribution in [0.4, 0.5) is 8.78 Å². The number of likely N-dealkylation sites (tertiary alicyclic amines) is 1. The molecule has 6 rings (SSSR count). The van der Waals surface area contributed by atoms with E-state index < -0.39 is 23.2 Å². The molecule has 0 saturated carbocycles. The second-order valence-electron chi connectivity index (χ2n) is 10.1. The molecule has 1 fully saturated rings. The standard InChI is InChI=1S/C27H27F2N3O4/c1-2-27(35)11-24(33)36-14-18-19(27)9-23-25-17(13-32(23)26(18)34)16(12-31-6-4-3-5-7-31)15-8-20(28)21(29)10-22(15)30-25/h8-10,35H,2-7,11-14H2,1H3. The molecule has 0 bridgehead atoms. The Morgan fingerprint density at radius 1 is 1.08 bits per heavy atom. The van der Waals surface area contributed by atoms with Crippen LogP contribution in [0.1, 0.15) is 61.3 Å². The number of hydrogen-bond donors (Lipinski definition) is 1. The van der Waals surface area contributed by atoms with Crippen molar-refractivity contribution in [2.75, 3.05) is 13.1 Å². The second-order valence-corrected chi connectivity index (χ2v) is 10.1. The molecule has 1 N–H and O–H groups in total. The summed E-state index contributed by atoms with van der Waals surface area (Å²) < 4.78 is 35.4. The van der Waals surface area contributed by atoms with Crippen LogP contribution in [0.15, 0.2) is 23.0 Å². The monoisotopic (exact) mass is 495 g/mol. The number of piperidine rings is 1. The van der Waals surface area contributed by atoms with E-state index in [1.165, 1.54) is 12.5 Å². The fourth-order valence-electron chi connectivity index (χ4n) is 5.88. The number of ether oxygens (including phenoxy) is 1. The number of fused-ring (bicyclic) bond motifs is 5. The van der Waals surface area contributed by atoms with Gasteiger partial charge in [0.15, 0.2) is 11.6 Å². The van der Waals surface area contributed by atoms with Gasteiger partial charge in [0.1, 0.15) is 12.2 Å². The van der Waals surface area contributed by atoms with Crippen molar-refractivity contribution in [3.8, 4) is 11.4 Å². The summed E-state index contributed by atoms with van der Waals surface area (Å²) in [5.74, 6) is -2.48. The Morgan fingerprint density at radius 2 is 1.83 bits per heavy atom. The highest BCUT2D eigenvalue weighted by Crippen LogP contribution is 2.41. The normalized spacial score (nSPS) is 21.6. The SMILES string of the molecule is CCC1(O)CC(=O)OCc2c1cc1n(c2=O)Cc2c-1nc1cc(F)c(F)cc1c2CN1CCCCC1. The number of hydrogen-bond acceptors (Lipinski definition) is 6. The fraction of sp³-hybridized carbons (Fsp3) is 0.444. The minimum Gasteiger partial charge on any atom is -0.460 e. The Hall–Kier alpha value is -3.17. The fourth-order valence-corrected chi connectivity index (χ4v) is 5.88. The molecule has 3 aliphatic rings. The van der Waals surface area contributed by atoms with Gasteiger partial charge >= 0.3 is 5.97 Å². The quantitative estimate of drug-likeness (QED) is 0.436. The van der Waals surface area contributed by atoms with Gasteiger partial charge in [-0.2, -0.15) is 0 Å². The van der Waals surface area contributed by atoms with Crippen molar-refractivity contribution in [2.45, 2.75) is 64.3 Å². The van der Waals surface area contributed by atoms with E-state index in [0.29, 0.717) is 34.4 Å².